The molecule has 5 nitrogen and oxygen atoms in total. The first-order valence-corrected chi connectivity index (χ1v) is 7.02. The number of nitrogens with one attached hydrogen (secondary N) is 1. The van der Waals surface area contributed by atoms with Crippen molar-refractivity contribution in [3.8, 4) is 0 Å². The van der Waals surface area contributed by atoms with Crippen molar-refractivity contribution >= 4 is 5.91 Å². The van der Waals surface area contributed by atoms with Gasteiger partial charge in [0.1, 0.15) is 0 Å². The van der Waals surface area contributed by atoms with Crippen molar-refractivity contribution < 1.29 is 4.79 Å². The minimum Gasteiger partial charge on any atom is -0.366 e. The molecule has 0 saturated heterocycles. The number of amides is 1. The fraction of sp³-hybridized carbons (Fsp3) is 0.375. The lowest BCUT2D eigenvalue weighted by atomic mass is 10.1. The van der Waals surface area contributed by atoms with Crippen LogP contribution in [0.4, 0.5) is 0 Å². The van der Waals surface area contributed by atoms with Crippen molar-refractivity contribution in [2.75, 3.05) is 0 Å². The predicted octanol–water partition coefficient (Wildman–Crippen LogP) is 1.99. The Hall–Kier alpha value is -2.14. The second-order valence-electron chi connectivity index (χ2n) is 5.38. The lowest BCUT2D eigenvalue weighted by Gasteiger charge is -2.15. The van der Waals surface area contributed by atoms with Gasteiger partial charge in [-0.25, -0.2) is 0 Å². The van der Waals surface area contributed by atoms with Crippen molar-refractivity contribution in [2.24, 2.45) is 12.8 Å². The van der Waals surface area contributed by atoms with Crippen LogP contribution < -0.4 is 11.1 Å². The molecular formula is C16H22N4O. The number of carbonyl (C=O) groups is 1. The zero-order valence-electron chi connectivity index (χ0n) is 13.0. The molecular weight excluding hydrogens is 264 g/mol. The Morgan fingerprint density at radius 2 is 2.14 bits per heavy atom. The third-order valence-corrected chi connectivity index (χ3v) is 3.82. The highest BCUT2D eigenvalue weighted by Gasteiger charge is 2.15. The molecule has 1 aromatic heterocycles. The molecule has 3 N–H and O–H groups in total. The number of nitrogens with two attached hydrogens (primary N) is 1. The van der Waals surface area contributed by atoms with Crippen molar-refractivity contribution in [1.29, 1.82) is 0 Å². The number of carbonyl (C=O) groups excluding carboxylic acids is 1. The molecule has 2 rings (SSSR count). The van der Waals surface area contributed by atoms with Gasteiger partial charge in [0, 0.05) is 36.5 Å². The van der Waals surface area contributed by atoms with Gasteiger partial charge in [0.05, 0.1) is 5.69 Å². The van der Waals surface area contributed by atoms with Gasteiger partial charge in [-0.2, -0.15) is 5.10 Å². The number of aryl methyl sites for hydroxylation is 2. The van der Waals surface area contributed by atoms with E-state index in [0.717, 1.165) is 11.3 Å². The third-order valence-electron chi connectivity index (χ3n) is 3.82. The van der Waals surface area contributed by atoms with E-state index in [1.807, 2.05) is 36.9 Å². The summed E-state index contributed by atoms with van der Waals surface area (Å²) < 4.78 is 1.90. The Kier molecular flexibility index (Phi) is 4.43. The van der Waals surface area contributed by atoms with E-state index < -0.39 is 5.91 Å². The molecule has 0 radical (unpaired) electrons. The van der Waals surface area contributed by atoms with Gasteiger partial charge in [-0.05, 0) is 38.5 Å². The van der Waals surface area contributed by atoms with Crippen LogP contribution in [-0.2, 0) is 13.6 Å². The van der Waals surface area contributed by atoms with Crippen LogP contribution in [0.1, 0.15) is 45.8 Å². The molecule has 0 aliphatic rings. The molecule has 0 aliphatic heterocycles. The molecule has 5 heteroatoms. The fourth-order valence-electron chi connectivity index (χ4n) is 2.62. The molecule has 2 aromatic rings. The van der Waals surface area contributed by atoms with Gasteiger partial charge < -0.3 is 11.1 Å². The maximum absolute atomic E-state index is 11.2. The Morgan fingerprint density at radius 1 is 1.43 bits per heavy atom. The first kappa shape index (κ1) is 15.3. The molecule has 0 spiro atoms. The third kappa shape index (κ3) is 3.31. The Labute approximate surface area is 125 Å². The van der Waals surface area contributed by atoms with E-state index in [9.17, 15) is 4.79 Å². The topological polar surface area (TPSA) is 72.9 Å². The van der Waals surface area contributed by atoms with E-state index in [1.54, 1.807) is 6.07 Å². The van der Waals surface area contributed by atoms with Gasteiger partial charge in [0.15, 0.2) is 0 Å². The van der Waals surface area contributed by atoms with Gasteiger partial charge in [0.2, 0.25) is 5.91 Å². The molecule has 0 fully saturated rings. The van der Waals surface area contributed by atoms with Crippen LogP contribution >= 0.6 is 0 Å². The highest BCUT2D eigenvalue weighted by molar-refractivity contribution is 5.92. The minimum absolute atomic E-state index is 0.191. The molecule has 112 valence electrons. The van der Waals surface area contributed by atoms with Gasteiger partial charge in [-0.15, -0.1) is 0 Å². The van der Waals surface area contributed by atoms with Crippen LogP contribution in [0, 0.1) is 13.8 Å². The average molecular weight is 286 g/mol. The lowest BCUT2D eigenvalue weighted by Crippen LogP contribution is -2.20. The number of rotatable bonds is 5. The number of primary amides is 1. The summed E-state index contributed by atoms with van der Waals surface area (Å²) in [5.41, 5.74) is 10.3. The average Bonchev–Trinajstić information content (AvgIpc) is 2.70. The lowest BCUT2D eigenvalue weighted by molar-refractivity contribution is 0.1000. The predicted molar refractivity (Wildman–Crippen MR) is 82.9 cm³/mol. The van der Waals surface area contributed by atoms with Crippen molar-refractivity contribution in [3.05, 3.63) is 52.3 Å². The molecule has 0 saturated carbocycles. The quantitative estimate of drug-likeness (QED) is 0.882. The maximum atomic E-state index is 11.2. The monoisotopic (exact) mass is 286 g/mol. The summed E-state index contributed by atoms with van der Waals surface area (Å²) in [5, 5.41) is 7.91. The minimum atomic E-state index is -0.399. The van der Waals surface area contributed by atoms with Gasteiger partial charge in [0.25, 0.3) is 0 Å². The first-order valence-electron chi connectivity index (χ1n) is 7.02. The summed E-state index contributed by atoms with van der Waals surface area (Å²) in [6.07, 6.45) is 0. The molecule has 1 unspecified atom stereocenters. The van der Waals surface area contributed by atoms with Gasteiger partial charge in [-0.1, -0.05) is 12.1 Å². The summed E-state index contributed by atoms with van der Waals surface area (Å²) in [6.45, 7) is 6.89. The molecule has 0 bridgehead atoms. The number of hydrogen-bond donors (Lipinski definition) is 2. The smallest absolute Gasteiger partial charge is 0.248 e. The van der Waals surface area contributed by atoms with Crippen LogP contribution in [0.2, 0.25) is 0 Å². The summed E-state index contributed by atoms with van der Waals surface area (Å²) in [7, 11) is 1.95. The van der Waals surface area contributed by atoms with Crippen LogP contribution in [0.3, 0.4) is 0 Å². The van der Waals surface area contributed by atoms with E-state index >= 15 is 0 Å². The van der Waals surface area contributed by atoms with Crippen molar-refractivity contribution in [2.45, 2.75) is 33.4 Å². The highest BCUT2D eigenvalue weighted by Crippen LogP contribution is 2.21. The standard InChI is InChI=1S/C16H22N4O/c1-10(15-11(2)19-20(4)12(15)3)18-9-13-6-5-7-14(8-13)16(17)21/h5-8,10,18H,9H2,1-4H3,(H2,17,21). The summed E-state index contributed by atoms with van der Waals surface area (Å²) >= 11 is 0. The molecule has 1 amide bonds. The summed E-state index contributed by atoms with van der Waals surface area (Å²) in [6, 6.07) is 7.57. The van der Waals surface area contributed by atoms with E-state index in [-0.39, 0.29) is 6.04 Å². The first-order chi connectivity index (χ1) is 9.90. The van der Waals surface area contributed by atoms with Crippen LogP contribution in [0.5, 0.6) is 0 Å². The Balaban J connectivity index is 2.09. The van der Waals surface area contributed by atoms with Crippen LogP contribution in [0.15, 0.2) is 24.3 Å². The largest absolute Gasteiger partial charge is 0.366 e. The number of aromatic nitrogens is 2. The summed E-state index contributed by atoms with van der Waals surface area (Å²) in [4.78, 5) is 11.2. The molecule has 0 aliphatic carbocycles. The highest BCUT2D eigenvalue weighted by atomic mass is 16.1. The number of hydrogen-bond acceptors (Lipinski definition) is 3. The van der Waals surface area contributed by atoms with E-state index in [2.05, 4.69) is 24.3 Å². The number of benzene rings is 1. The van der Waals surface area contributed by atoms with E-state index in [1.165, 1.54) is 11.3 Å². The molecule has 1 aromatic carbocycles. The SMILES string of the molecule is Cc1nn(C)c(C)c1C(C)NCc1cccc(C(N)=O)c1. The molecule has 1 atom stereocenters. The molecule has 21 heavy (non-hydrogen) atoms. The van der Waals surface area contributed by atoms with Crippen molar-refractivity contribution in [1.82, 2.24) is 15.1 Å². The maximum Gasteiger partial charge on any atom is 0.248 e. The zero-order valence-corrected chi connectivity index (χ0v) is 13.0. The molecule has 1 heterocycles. The zero-order chi connectivity index (χ0) is 15.6. The Morgan fingerprint density at radius 3 is 2.71 bits per heavy atom. The second kappa shape index (κ2) is 6.10. The van der Waals surface area contributed by atoms with E-state index in [0.29, 0.717) is 12.1 Å². The van der Waals surface area contributed by atoms with Crippen LogP contribution in [-0.4, -0.2) is 15.7 Å². The second-order valence-corrected chi connectivity index (χ2v) is 5.38. The van der Waals surface area contributed by atoms with Gasteiger partial charge >= 0.3 is 0 Å². The normalized spacial score (nSPS) is 12.4. The van der Waals surface area contributed by atoms with Gasteiger partial charge in [-0.3, -0.25) is 9.48 Å². The van der Waals surface area contributed by atoms with Crippen molar-refractivity contribution in [3.63, 3.8) is 0 Å². The van der Waals surface area contributed by atoms with E-state index in [4.69, 9.17) is 5.73 Å². The summed E-state index contributed by atoms with van der Waals surface area (Å²) in [5.74, 6) is -0.399. The van der Waals surface area contributed by atoms with Crippen LogP contribution in [0.25, 0.3) is 0 Å². The fourth-order valence-corrected chi connectivity index (χ4v) is 2.62. The number of nitrogens with zero attached hydrogens (tertiary/aromatic N) is 2. The Bertz CT molecular complexity index is 660.